The van der Waals surface area contributed by atoms with Crippen molar-refractivity contribution in [2.75, 3.05) is 21.2 Å². The monoisotopic (exact) mass is 337 g/mol. The van der Waals surface area contributed by atoms with Gasteiger partial charge in [0.15, 0.2) is 5.60 Å². The third kappa shape index (κ3) is 3.62. The van der Waals surface area contributed by atoms with Crippen LogP contribution in [0.3, 0.4) is 0 Å². The van der Waals surface area contributed by atoms with Crippen LogP contribution >= 0.6 is 0 Å². The Kier molecular flexibility index (Phi) is 4.97. The van der Waals surface area contributed by atoms with Gasteiger partial charge in [-0.15, -0.1) is 0 Å². The first-order valence-corrected chi connectivity index (χ1v) is 8.22. The minimum atomic E-state index is -0.780. The summed E-state index contributed by atoms with van der Waals surface area (Å²) in [5.74, 6) is 0.999. The van der Waals surface area contributed by atoms with E-state index in [1.165, 1.54) is 5.56 Å². The molecule has 1 aromatic heterocycles. The molecule has 1 unspecified atom stereocenters. The van der Waals surface area contributed by atoms with Gasteiger partial charge in [-0.05, 0) is 32.1 Å². The largest absolute Gasteiger partial charge is 0.364 e. The van der Waals surface area contributed by atoms with Crippen LogP contribution in [0.25, 0.3) is 11.4 Å². The Balaban J connectivity index is 1.89. The van der Waals surface area contributed by atoms with Gasteiger partial charge in [0, 0.05) is 19.2 Å². The Labute approximate surface area is 148 Å². The molecule has 0 radical (unpaired) electrons. The van der Waals surface area contributed by atoms with Crippen molar-refractivity contribution in [2.24, 2.45) is 0 Å². The highest BCUT2D eigenvalue weighted by Crippen LogP contribution is 2.32. The Morgan fingerprint density at radius 1 is 1.04 bits per heavy atom. The fourth-order valence-corrected chi connectivity index (χ4v) is 2.74. The van der Waals surface area contributed by atoms with E-state index in [0.29, 0.717) is 11.7 Å². The molecular weight excluding hydrogens is 314 g/mol. The molecule has 5 heteroatoms. The average molecular weight is 337 g/mol. The van der Waals surface area contributed by atoms with Gasteiger partial charge in [0.2, 0.25) is 5.82 Å². The smallest absolute Gasteiger partial charge is 0.263 e. The minimum absolute atomic E-state index is 0.438. The molecule has 0 N–H and O–H groups in total. The van der Waals surface area contributed by atoms with Crippen LogP contribution in [0, 0.1) is 0 Å². The molecule has 0 spiro atoms. The van der Waals surface area contributed by atoms with E-state index in [9.17, 15) is 0 Å². The lowest BCUT2D eigenvalue weighted by Gasteiger charge is -2.24. The SMILES string of the molecule is COC(C)(c1ccccc1)c1nc(-c2ccc(CN(C)C)cc2)no1. The zero-order valence-corrected chi connectivity index (χ0v) is 15.1. The van der Waals surface area contributed by atoms with Gasteiger partial charge in [-0.1, -0.05) is 59.8 Å². The zero-order valence-electron chi connectivity index (χ0n) is 15.1. The van der Waals surface area contributed by atoms with Gasteiger partial charge in [0.05, 0.1) is 0 Å². The van der Waals surface area contributed by atoms with Crippen molar-refractivity contribution in [3.05, 3.63) is 71.6 Å². The van der Waals surface area contributed by atoms with Crippen LogP contribution in [-0.4, -0.2) is 36.2 Å². The summed E-state index contributed by atoms with van der Waals surface area (Å²) in [7, 11) is 5.75. The highest BCUT2D eigenvalue weighted by atomic mass is 16.5. The molecule has 130 valence electrons. The fraction of sp³-hybridized carbons (Fsp3) is 0.300. The van der Waals surface area contributed by atoms with Crippen molar-refractivity contribution in [3.63, 3.8) is 0 Å². The summed E-state index contributed by atoms with van der Waals surface area (Å²) >= 11 is 0. The Hall–Kier alpha value is -2.50. The highest BCUT2D eigenvalue weighted by Gasteiger charge is 2.35. The number of aromatic nitrogens is 2. The normalized spacial score (nSPS) is 13.8. The molecule has 0 bridgehead atoms. The molecule has 0 amide bonds. The number of ether oxygens (including phenoxy) is 1. The molecule has 0 aliphatic carbocycles. The van der Waals surface area contributed by atoms with E-state index in [-0.39, 0.29) is 0 Å². The number of nitrogens with zero attached hydrogens (tertiary/aromatic N) is 3. The second-order valence-corrected chi connectivity index (χ2v) is 6.46. The van der Waals surface area contributed by atoms with Gasteiger partial charge in [-0.25, -0.2) is 0 Å². The third-order valence-electron chi connectivity index (χ3n) is 4.28. The Bertz CT molecular complexity index is 812. The standard InChI is InChI=1S/C20H23N3O2/c1-20(24-4,17-8-6-5-7-9-17)19-21-18(22-25-19)16-12-10-15(11-13-16)14-23(2)3/h5-13H,14H2,1-4H3. The maximum absolute atomic E-state index is 5.72. The second-order valence-electron chi connectivity index (χ2n) is 6.46. The number of hydrogen-bond acceptors (Lipinski definition) is 5. The minimum Gasteiger partial charge on any atom is -0.364 e. The van der Waals surface area contributed by atoms with E-state index < -0.39 is 5.60 Å². The van der Waals surface area contributed by atoms with Crippen LogP contribution in [0.1, 0.15) is 23.9 Å². The van der Waals surface area contributed by atoms with Crippen molar-refractivity contribution in [2.45, 2.75) is 19.1 Å². The lowest BCUT2D eigenvalue weighted by atomic mass is 9.95. The Morgan fingerprint density at radius 2 is 1.72 bits per heavy atom. The summed E-state index contributed by atoms with van der Waals surface area (Å²) in [4.78, 5) is 6.71. The molecule has 0 aliphatic rings. The highest BCUT2D eigenvalue weighted by molar-refractivity contribution is 5.55. The number of hydrogen-bond donors (Lipinski definition) is 0. The van der Waals surface area contributed by atoms with Gasteiger partial charge in [-0.3, -0.25) is 0 Å². The van der Waals surface area contributed by atoms with E-state index in [1.807, 2.05) is 49.4 Å². The van der Waals surface area contributed by atoms with Crippen molar-refractivity contribution in [3.8, 4) is 11.4 Å². The van der Waals surface area contributed by atoms with E-state index in [2.05, 4.69) is 41.3 Å². The van der Waals surface area contributed by atoms with Crippen molar-refractivity contribution < 1.29 is 9.26 Å². The summed E-state index contributed by atoms with van der Waals surface area (Å²) in [6.07, 6.45) is 0. The number of benzene rings is 2. The molecule has 1 atom stereocenters. The molecular formula is C20H23N3O2. The first kappa shape index (κ1) is 17.3. The number of rotatable bonds is 6. The van der Waals surface area contributed by atoms with Crippen LogP contribution in [0.2, 0.25) is 0 Å². The molecule has 0 aliphatic heterocycles. The maximum Gasteiger partial charge on any atom is 0.263 e. The van der Waals surface area contributed by atoms with Crippen molar-refractivity contribution in [1.82, 2.24) is 15.0 Å². The molecule has 0 saturated carbocycles. The zero-order chi connectivity index (χ0) is 17.9. The predicted molar refractivity (Wildman–Crippen MR) is 97.0 cm³/mol. The quantitative estimate of drug-likeness (QED) is 0.686. The van der Waals surface area contributed by atoms with E-state index >= 15 is 0 Å². The van der Waals surface area contributed by atoms with Gasteiger partial charge >= 0.3 is 0 Å². The van der Waals surface area contributed by atoms with Gasteiger partial charge in [-0.2, -0.15) is 4.98 Å². The molecule has 1 heterocycles. The molecule has 3 rings (SSSR count). The first-order valence-electron chi connectivity index (χ1n) is 8.22. The van der Waals surface area contributed by atoms with Crippen molar-refractivity contribution in [1.29, 1.82) is 0 Å². The van der Waals surface area contributed by atoms with Crippen LogP contribution in [0.5, 0.6) is 0 Å². The molecule has 0 saturated heterocycles. The first-order chi connectivity index (χ1) is 12.0. The lowest BCUT2D eigenvalue weighted by molar-refractivity contribution is 0.0113. The van der Waals surface area contributed by atoms with Gasteiger partial charge in [0.25, 0.3) is 5.89 Å². The molecule has 3 aromatic rings. The summed E-state index contributed by atoms with van der Waals surface area (Å²) < 4.78 is 11.3. The average Bonchev–Trinajstić information content (AvgIpc) is 3.12. The lowest BCUT2D eigenvalue weighted by Crippen LogP contribution is -2.26. The van der Waals surface area contributed by atoms with Crippen LogP contribution in [0.4, 0.5) is 0 Å². The van der Waals surface area contributed by atoms with Crippen molar-refractivity contribution >= 4 is 0 Å². The van der Waals surface area contributed by atoms with Crippen LogP contribution in [0.15, 0.2) is 59.1 Å². The molecule has 2 aromatic carbocycles. The molecule has 5 nitrogen and oxygen atoms in total. The van der Waals surface area contributed by atoms with E-state index in [1.54, 1.807) is 7.11 Å². The third-order valence-corrected chi connectivity index (χ3v) is 4.28. The molecule has 25 heavy (non-hydrogen) atoms. The van der Waals surface area contributed by atoms with E-state index in [4.69, 9.17) is 9.26 Å². The Morgan fingerprint density at radius 3 is 2.32 bits per heavy atom. The molecule has 0 fully saturated rings. The van der Waals surface area contributed by atoms with Crippen LogP contribution in [-0.2, 0) is 16.9 Å². The van der Waals surface area contributed by atoms with E-state index in [0.717, 1.165) is 17.7 Å². The second kappa shape index (κ2) is 7.17. The predicted octanol–water partition coefficient (Wildman–Crippen LogP) is 3.71. The summed E-state index contributed by atoms with van der Waals surface area (Å²) in [5.41, 5.74) is 2.35. The summed E-state index contributed by atoms with van der Waals surface area (Å²) in [6.45, 7) is 2.83. The fourth-order valence-electron chi connectivity index (χ4n) is 2.74. The topological polar surface area (TPSA) is 51.4 Å². The van der Waals surface area contributed by atoms with Crippen LogP contribution < -0.4 is 0 Å². The summed E-state index contributed by atoms with van der Waals surface area (Å²) in [6, 6.07) is 18.1. The summed E-state index contributed by atoms with van der Waals surface area (Å²) in [5, 5.41) is 4.14. The number of methoxy groups -OCH3 is 1. The maximum atomic E-state index is 5.72. The van der Waals surface area contributed by atoms with Gasteiger partial charge in [0.1, 0.15) is 0 Å². The van der Waals surface area contributed by atoms with Gasteiger partial charge < -0.3 is 14.2 Å².